The summed E-state index contributed by atoms with van der Waals surface area (Å²) >= 11 is 0. The third kappa shape index (κ3) is 2.54. The lowest BCUT2D eigenvalue weighted by atomic mass is 9.92. The molecule has 24 heavy (non-hydrogen) atoms. The second-order valence-electron chi connectivity index (χ2n) is 6.14. The van der Waals surface area contributed by atoms with Crippen molar-refractivity contribution in [1.29, 1.82) is 0 Å². The summed E-state index contributed by atoms with van der Waals surface area (Å²) in [6.07, 6.45) is 5.70. The fourth-order valence-corrected chi connectivity index (χ4v) is 2.82. The van der Waals surface area contributed by atoms with Crippen LogP contribution in [0.3, 0.4) is 0 Å². The summed E-state index contributed by atoms with van der Waals surface area (Å²) in [5.41, 5.74) is 8.48. The van der Waals surface area contributed by atoms with Gasteiger partial charge >= 0.3 is 0 Å². The smallest absolute Gasteiger partial charge is 0.231 e. The van der Waals surface area contributed by atoms with E-state index in [1.54, 1.807) is 11.7 Å². The predicted octanol–water partition coefficient (Wildman–Crippen LogP) is 1.46. The van der Waals surface area contributed by atoms with Crippen LogP contribution < -0.4 is 5.73 Å². The summed E-state index contributed by atoms with van der Waals surface area (Å²) in [5, 5.41) is 4.56. The minimum atomic E-state index is -0.770. The molecule has 3 rings (SSSR count). The molecule has 1 aliphatic rings. The number of hydrogen-bond donors (Lipinski definition) is 1. The molecule has 0 aliphatic carbocycles. The topological polar surface area (TPSA) is 76.5 Å². The van der Waals surface area contributed by atoms with Gasteiger partial charge in [-0.25, -0.2) is 4.99 Å². The van der Waals surface area contributed by atoms with E-state index in [-0.39, 0.29) is 18.3 Å². The highest BCUT2D eigenvalue weighted by atomic mass is 16.2. The lowest BCUT2D eigenvalue weighted by Crippen LogP contribution is -2.47. The summed E-state index contributed by atoms with van der Waals surface area (Å²) in [7, 11) is 3.48. The number of terminal acetylenes is 1. The number of benzene rings is 1. The quantitative estimate of drug-likeness (QED) is 0.851. The lowest BCUT2D eigenvalue weighted by Gasteiger charge is -2.31. The van der Waals surface area contributed by atoms with E-state index in [0.29, 0.717) is 5.69 Å². The largest absolute Gasteiger partial charge is 0.369 e. The molecule has 122 valence electrons. The molecule has 1 amide bonds. The van der Waals surface area contributed by atoms with E-state index in [9.17, 15) is 4.79 Å². The Morgan fingerprint density at radius 3 is 2.75 bits per heavy atom. The van der Waals surface area contributed by atoms with Crippen LogP contribution in [0.1, 0.15) is 24.6 Å². The average Bonchev–Trinajstić information content (AvgIpc) is 2.95. The molecule has 0 radical (unpaired) electrons. The second kappa shape index (κ2) is 5.53. The van der Waals surface area contributed by atoms with Crippen LogP contribution in [-0.2, 0) is 17.4 Å². The Hall–Kier alpha value is -3.07. The van der Waals surface area contributed by atoms with Crippen molar-refractivity contribution in [2.75, 3.05) is 7.05 Å². The Morgan fingerprint density at radius 1 is 1.33 bits per heavy atom. The van der Waals surface area contributed by atoms with Gasteiger partial charge in [0.2, 0.25) is 5.91 Å². The molecule has 2 aromatic rings. The van der Waals surface area contributed by atoms with Crippen LogP contribution in [0.4, 0.5) is 0 Å². The molecular weight excluding hydrogens is 302 g/mol. The number of hydrogen-bond acceptors (Lipinski definition) is 4. The van der Waals surface area contributed by atoms with Crippen molar-refractivity contribution in [2.24, 2.45) is 17.8 Å². The fourth-order valence-electron chi connectivity index (χ4n) is 2.82. The van der Waals surface area contributed by atoms with E-state index in [1.165, 1.54) is 4.90 Å². The minimum Gasteiger partial charge on any atom is -0.369 e. The van der Waals surface area contributed by atoms with Crippen molar-refractivity contribution < 1.29 is 4.79 Å². The molecular formula is C18H19N5O. The van der Waals surface area contributed by atoms with E-state index < -0.39 is 5.54 Å². The average molecular weight is 321 g/mol. The van der Waals surface area contributed by atoms with Crippen molar-refractivity contribution in [2.45, 2.75) is 18.9 Å². The normalized spacial score (nSPS) is 20.7. The van der Waals surface area contributed by atoms with Crippen molar-refractivity contribution in [3.05, 3.63) is 41.6 Å². The van der Waals surface area contributed by atoms with E-state index in [0.717, 1.165) is 16.8 Å². The van der Waals surface area contributed by atoms with Crippen molar-refractivity contribution in [3.8, 4) is 23.6 Å². The maximum atomic E-state index is 12.1. The number of nitrogens with two attached hydrogens (primary N) is 1. The summed E-state index contributed by atoms with van der Waals surface area (Å²) < 4.78 is 1.77. The fraction of sp³-hybridized carbons (Fsp3) is 0.278. The number of carbonyl (C=O) groups is 1. The SMILES string of the molecule is C#Cc1cccc(-c2cc([C@]3(C)CC(=O)N(C)C(N)=N3)nn2C)c1. The number of aliphatic imine (C=N–C) groups is 1. The summed E-state index contributed by atoms with van der Waals surface area (Å²) in [4.78, 5) is 18.0. The first-order chi connectivity index (χ1) is 11.3. The van der Waals surface area contributed by atoms with Gasteiger partial charge in [0.25, 0.3) is 0 Å². The first-order valence-electron chi connectivity index (χ1n) is 7.57. The number of rotatable bonds is 2. The monoisotopic (exact) mass is 321 g/mol. The van der Waals surface area contributed by atoms with Crippen LogP contribution in [-0.4, -0.2) is 33.6 Å². The Bertz CT molecular complexity index is 889. The molecule has 6 heteroatoms. The van der Waals surface area contributed by atoms with E-state index in [2.05, 4.69) is 16.0 Å². The Kier molecular flexibility index (Phi) is 3.64. The van der Waals surface area contributed by atoms with Gasteiger partial charge in [-0.3, -0.25) is 14.4 Å². The summed E-state index contributed by atoms with van der Waals surface area (Å²) in [6, 6.07) is 9.63. The molecule has 0 bridgehead atoms. The van der Waals surface area contributed by atoms with Gasteiger partial charge in [-0.15, -0.1) is 6.42 Å². The summed E-state index contributed by atoms with van der Waals surface area (Å²) in [6.45, 7) is 1.87. The van der Waals surface area contributed by atoms with Crippen LogP contribution >= 0.6 is 0 Å². The molecule has 1 aromatic carbocycles. The zero-order valence-electron chi connectivity index (χ0n) is 13.9. The van der Waals surface area contributed by atoms with E-state index in [1.807, 2.05) is 44.3 Å². The van der Waals surface area contributed by atoms with E-state index >= 15 is 0 Å². The number of aromatic nitrogens is 2. The molecule has 0 fully saturated rings. The number of guanidine groups is 1. The zero-order valence-corrected chi connectivity index (χ0v) is 13.9. The van der Waals surface area contributed by atoms with Crippen LogP contribution in [0.25, 0.3) is 11.3 Å². The van der Waals surface area contributed by atoms with E-state index in [4.69, 9.17) is 12.2 Å². The Labute approximate surface area is 141 Å². The first-order valence-corrected chi connectivity index (χ1v) is 7.57. The highest BCUT2D eigenvalue weighted by Crippen LogP contribution is 2.34. The number of amides is 1. The first kappa shape index (κ1) is 15.8. The van der Waals surface area contributed by atoms with Crippen LogP contribution in [0, 0.1) is 12.3 Å². The minimum absolute atomic E-state index is 0.0773. The maximum Gasteiger partial charge on any atom is 0.231 e. The van der Waals surface area contributed by atoms with Gasteiger partial charge < -0.3 is 5.73 Å². The maximum absolute atomic E-state index is 12.1. The van der Waals surface area contributed by atoms with Gasteiger partial charge in [-0.05, 0) is 25.1 Å². The molecule has 1 aliphatic heterocycles. The van der Waals surface area contributed by atoms with Crippen LogP contribution in [0.5, 0.6) is 0 Å². The van der Waals surface area contributed by atoms with Gasteiger partial charge in [0.05, 0.1) is 17.8 Å². The zero-order chi connectivity index (χ0) is 17.5. The Morgan fingerprint density at radius 2 is 2.08 bits per heavy atom. The van der Waals surface area contributed by atoms with Crippen molar-refractivity contribution in [1.82, 2.24) is 14.7 Å². The van der Waals surface area contributed by atoms with Gasteiger partial charge in [0.1, 0.15) is 5.54 Å². The third-order valence-corrected chi connectivity index (χ3v) is 4.33. The number of nitrogens with zero attached hydrogens (tertiary/aromatic N) is 4. The van der Waals surface area contributed by atoms with Crippen molar-refractivity contribution >= 4 is 11.9 Å². The van der Waals surface area contributed by atoms with Crippen molar-refractivity contribution in [3.63, 3.8) is 0 Å². The molecule has 2 heterocycles. The Balaban J connectivity index is 2.06. The summed E-state index contributed by atoms with van der Waals surface area (Å²) in [5.74, 6) is 2.76. The van der Waals surface area contributed by atoms with Gasteiger partial charge in [0, 0.05) is 25.2 Å². The van der Waals surface area contributed by atoms with Crippen LogP contribution in [0.2, 0.25) is 0 Å². The molecule has 1 aromatic heterocycles. The molecule has 0 saturated heterocycles. The number of carbonyl (C=O) groups excluding carboxylic acids is 1. The highest BCUT2D eigenvalue weighted by Gasteiger charge is 2.38. The number of aryl methyl sites for hydroxylation is 1. The predicted molar refractivity (Wildman–Crippen MR) is 92.9 cm³/mol. The molecule has 0 saturated carbocycles. The molecule has 2 N–H and O–H groups in total. The van der Waals surface area contributed by atoms with Crippen LogP contribution in [0.15, 0.2) is 35.3 Å². The molecule has 0 spiro atoms. The third-order valence-electron chi connectivity index (χ3n) is 4.33. The molecule has 6 nitrogen and oxygen atoms in total. The van der Waals surface area contributed by atoms with Gasteiger partial charge in [-0.1, -0.05) is 18.1 Å². The van der Waals surface area contributed by atoms with Gasteiger partial charge in [0.15, 0.2) is 5.96 Å². The highest BCUT2D eigenvalue weighted by molar-refractivity contribution is 5.98. The van der Waals surface area contributed by atoms with Gasteiger partial charge in [-0.2, -0.15) is 5.10 Å². The molecule has 1 atom stereocenters. The molecule has 0 unspecified atom stereocenters. The standard InChI is InChI=1S/C18H19N5O/c1-5-12-7-6-8-13(9-12)14-10-15(21-23(14)4)18(2)11-16(24)22(3)17(19)20-18/h1,6-10H,11H2,2-4H3,(H2,19,20)/t18-/m0/s1. The lowest BCUT2D eigenvalue weighted by molar-refractivity contribution is -0.128. The second-order valence-corrected chi connectivity index (χ2v) is 6.14.